The lowest BCUT2D eigenvalue weighted by atomic mass is 10.0. The number of thiazole rings is 1. The first kappa shape index (κ1) is 28.6. The fourth-order valence-electron chi connectivity index (χ4n) is 4.12. The maximum atomic E-state index is 13.5. The largest absolute Gasteiger partial charge is 0.487 e. The van der Waals surface area contributed by atoms with Gasteiger partial charge >= 0.3 is 6.09 Å². The van der Waals surface area contributed by atoms with Crippen LogP contribution in [0.2, 0.25) is 0 Å². The van der Waals surface area contributed by atoms with Gasteiger partial charge in [0.2, 0.25) is 16.8 Å². The Hall–Kier alpha value is -3.39. The number of fused-ring (bicyclic) bond motifs is 1. The van der Waals surface area contributed by atoms with Crippen LogP contribution < -0.4 is 19.5 Å². The van der Waals surface area contributed by atoms with Crippen LogP contribution in [0.5, 0.6) is 17.2 Å². The summed E-state index contributed by atoms with van der Waals surface area (Å²) in [4.78, 5) is 15.9. The Morgan fingerprint density at radius 2 is 1.90 bits per heavy atom. The van der Waals surface area contributed by atoms with Gasteiger partial charge in [0.05, 0.1) is 27.7 Å². The van der Waals surface area contributed by atoms with Crippen LogP contribution in [0.25, 0.3) is 0 Å². The van der Waals surface area contributed by atoms with Crippen LogP contribution in [0.1, 0.15) is 30.1 Å². The number of aromatic nitrogens is 1. The zero-order chi connectivity index (χ0) is 28.2. The molecule has 2 aromatic carbocycles. The molecule has 13 heteroatoms. The second kappa shape index (κ2) is 12.2. The molecule has 2 heterocycles. The number of rotatable bonds is 12. The van der Waals surface area contributed by atoms with Gasteiger partial charge in [-0.2, -0.15) is 4.31 Å². The first-order valence-corrected chi connectivity index (χ1v) is 14.6. The number of hydrogen-bond donors (Lipinski definition) is 3. The summed E-state index contributed by atoms with van der Waals surface area (Å²) >= 11 is 1.55. The number of aliphatic hydroxyl groups is 1. The maximum Gasteiger partial charge on any atom is 0.404 e. The molecule has 210 valence electrons. The van der Waals surface area contributed by atoms with Crippen LogP contribution in [0.15, 0.2) is 52.7 Å². The average Bonchev–Trinajstić information content (AvgIpc) is 3.53. The molecule has 1 aliphatic heterocycles. The number of nitrogens with zero attached hydrogens (tertiary/aromatic N) is 2. The van der Waals surface area contributed by atoms with Gasteiger partial charge in [-0.25, -0.2) is 18.2 Å². The van der Waals surface area contributed by atoms with Gasteiger partial charge in [-0.1, -0.05) is 12.1 Å². The van der Waals surface area contributed by atoms with Crippen molar-refractivity contribution < 1.29 is 37.6 Å². The van der Waals surface area contributed by atoms with Crippen molar-refractivity contribution in [3.8, 4) is 17.2 Å². The van der Waals surface area contributed by atoms with Gasteiger partial charge in [0.25, 0.3) is 0 Å². The molecule has 4 rings (SSSR count). The second-order valence-corrected chi connectivity index (χ2v) is 12.3. The van der Waals surface area contributed by atoms with E-state index >= 15 is 0 Å². The molecule has 0 saturated heterocycles. The van der Waals surface area contributed by atoms with E-state index in [9.17, 15) is 23.4 Å². The van der Waals surface area contributed by atoms with Crippen LogP contribution in [0.3, 0.4) is 0 Å². The third kappa shape index (κ3) is 7.18. The molecule has 3 aromatic rings. The summed E-state index contributed by atoms with van der Waals surface area (Å²) in [5.41, 5.74) is 1.57. The Kier molecular flexibility index (Phi) is 8.95. The van der Waals surface area contributed by atoms with E-state index in [0.717, 1.165) is 20.6 Å². The molecule has 2 atom stereocenters. The van der Waals surface area contributed by atoms with E-state index in [0.29, 0.717) is 23.9 Å². The quantitative estimate of drug-likeness (QED) is 0.295. The topological polar surface area (TPSA) is 148 Å². The number of ether oxygens (including phenoxy) is 3. The lowest BCUT2D eigenvalue weighted by Gasteiger charge is -2.31. The molecule has 39 heavy (non-hydrogen) atoms. The molecule has 0 fully saturated rings. The Morgan fingerprint density at radius 3 is 2.54 bits per heavy atom. The number of benzene rings is 2. The molecule has 11 nitrogen and oxygen atoms in total. The summed E-state index contributed by atoms with van der Waals surface area (Å²) in [5.74, 6) is 1.39. The van der Waals surface area contributed by atoms with Crippen molar-refractivity contribution in [2.45, 2.75) is 56.9 Å². The van der Waals surface area contributed by atoms with Crippen molar-refractivity contribution >= 4 is 27.5 Å². The first-order chi connectivity index (χ1) is 18.5. The predicted octanol–water partition coefficient (Wildman–Crippen LogP) is 3.40. The van der Waals surface area contributed by atoms with Gasteiger partial charge in [0, 0.05) is 24.0 Å². The van der Waals surface area contributed by atoms with Crippen LogP contribution >= 0.6 is 11.3 Å². The third-order valence-electron chi connectivity index (χ3n) is 6.10. The van der Waals surface area contributed by atoms with Crippen molar-refractivity contribution in [2.24, 2.45) is 0 Å². The fraction of sp³-hybridized carbons (Fsp3) is 0.385. The number of aliphatic hydroxyl groups excluding tert-OH is 1. The molecule has 1 aromatic heterocycles. The van der Waals surface area contributed by atoms with Crippen molar-refractivity contribution in [3.05, 3.63) is 64.1 Å². The molecule has 1 amide bonds. The number of nitrogens with one attached hydrogen (secondary N) is 1. The zero-order valence-electron chi connectivity index (χ0n) is 21.7. The van der Waals surface area contributed by atoms with E-state index in [2.05, 4.69) is 10.3 Å². The molecule has 1 aliphatic rings. The molecule has 0 saturated carbocycles. The number of hydrogen-bond acceptors (Lipinski definition) is 9. The monoisotopic (exact) mass is 577 g/mol. The molecule has 3 N–H and O–H groups in total. The van der Waals surface area contributed by atoms with Gasteiger partial charge in [-0.05, 0) is 57.0 Å². The number of amides is 1. The highest BCUT2D eigenvalue weighted by molar-refractivity contribution is 7.89. The standard InChI is InChI=1S/C26H31N3O8S2/c1-16(2)29(39(33,34)21-8-9-24-25(11-21)37-15-36-24)12-23(30)22(28-26(31)32)10-18-4-6-20(7-5-18)35-13-19-14-38-17(3)27-19/h4-9,11,14,16,22-23,28,30H,10,12-13,15H2,1-3H3,(H,31,32)/t22-,23+/m0/s1. The highest BCUT2D eigenvalue weighted by atomic mass is 32.2. The minimum atomic E-state index is -4.04. The highest BCUT2D eigenvalue weighted by Crippen LogP contribution is 2.35. The number of carbonyl (C=O) groups is 1. The Balaban J connectivity index is 1.45. The smallest absolute Gasteiger partial charge is 0.404 e. The number of sulfonamides is 1. The summed E-state index contributed by atoms with van der Waals surface area (Å²) in [6, 6.07) is 9.88. The highest BCUT2D eigenvalue weighted by Gasteiger charge is 2.33. The van der Waals surface area contributed by atoms with Crippen molar-refractivity contribution in [1.82, 2.24) is 14.6 Å². The lowest BCUT2D eigenvalue weighted by Crippen LogP contribution is -2.51. The van der Waals surface area contributed by atoms with Crippen LogP contribution in [-0.2, 0) is 23.1 Å². The molecule has 0 spiro atoms. The van der Waals surface area contributed by atoms with E-state index < -0.39 is 34.3 Å². The Bertz CT molecular complexity index is 1390. The molecule has 0 aliphatic carbocycles. The normalized spacial score (nSPS) is 14.4. The first-order valence-electron chi connectivity index (χ1n) is 12.2. The zero-order valence-corrected chi connectivity index (χ0v) is 23.4. The summed E-state index contributed by atoms with van der Waals surface area (Å²) in [6.07, 6.45) is -2.53. The number of aryl methyl sites for hydroxylation is 1. The van der Waals surface area contributed by atoms with E-state index in [4.69, 9.17) is 14.2 Å². The van der Waals surface area contributed by atoms with E-state index in [1.165, 1.54) is 18.2 Å². The fourth-order valence-corrected chi connectivity index (χ4v) is 6.39. The molecule has 0 bridgehead atoms. The van der Waals surface area contributed by atoms with Gasteiger partial charge in [0.1, 0.15) is 12.4 Å². The van der Waals surface area contributed by atoms with Crippen LogP contribution in [0, 0.1) is 6.92 Å². The second-order valence-electron chi connectivity index (χ2n) is 9.30. The van der Waals surface area contributed by atoms with Gasteiger partial charge in [-0.3, -0.25) is 0 Å². The van der Waals surface area contributed by atoms with E-state index in [1.807, 2.05) is 12.3 Å². The number of carboxylic acid groups (broad SMARTS) is 1. The van der Waals surface area contributed by atoms with E-state index in [-0.39, 0.29) is 24.7 Å². The van der Waals surface area contributed by atoms with Crippen LogP contribution in [0.4, 0.5) is 4.79 Å². The minimum Gasteiger partial charge on any atom is -0.487 e. The molecule has 0 radical (unpaired) electrons. The maximum absolute atomic E-state index is 13.5. The summed E-state index contributed by atoms with van der Waals surface area (Å²) in [7, 11) is -4.04. The van der Waals surface area contributed by atoms with Crippen molar-refractivity contribution in [1.29, 1.82) is 0 Å². The third-order valence-corrected chi connectivity index (χ3v) is 8.96. The predicted molar refractivity (Wildman–Crippen MR) is 144 cm³/mol. The van der Waals surface area contributed by atoms with Crippen molar-refractivity contribution in [3.63, 3.8) is 0 Å². The lowest BCUT2D eigenvalue weighted by molar-refractivity contribution is 0.0945. The average molecular weight is 578 g/mol. The molecular weight excluding hydrogens is 546 g/mol. The summed E-state index contributed by atoms with van der Waals surface area (Å²) in [6.45, 7) is 5.30. The minimum absolute atomic E-state index is 0.00653. The Labute approximate surface area is 231 Å². The molecular formula is C26H31N3O8S2. The van der Waals surface area contributed by atoms with Gasteiger partial charge < -0.3 is 29.7 Å². The summed E-state index contributed by atoms with van der Waals surface area (Å²) < 4.78 is 44.4. The van der Waals surface area contributed by atoms with Crippen molar-refractivity contribution in [2.75, 3.05) is 13.3 Å². The molecule has 0 unspecified atom stereocenters. The van der Waals surface area contributed by atoms with Gasteiger partial charge in [0.15, 0.2) is 11.5 Å². The van der Waals surface area contributed by atoms with Gasteiger partial charge in [-0.15, -0.1) is 11.3 Å². The van der Waals surface area contributed by atoms with E-state index in [1.54, 1.807) is 49.4 Å². The van der Waals surface area contributed by atoms with Crippen LogP contribution in [-0.4, -0.2) is 65.5 Å². The summed E-state index contributed by atoms with van der Waals surface area (Å²) in [5, 5.41) is 25.7. The Morgan fingerprint density at radius 1 is 1.18 bits per heavy atom. The SMILES string of the molecule is Cc1nc(COc2ccc(C[C@H](NC(=O)O)[C@H](O)CN(C(C)C)S(=O)(=O)c3ccc4c(c3)OCO4)cc2)cs1.